The first kappa shape index (κ1) is 22.8. The molecule has 3 aliphatic rings. The summed E-state index contributed by atoms with van der Waals surface area (Å²) in [6, 6.07) is 11.2. The molecule has 33 heavy (non-hydrogen) atoms. The number of benzene rings is 2. The second-order valence-electron chi connectivity index (χ2n) is 11.6. The summed E-state index contributed by atoms with van der Waals surface area (Å²) in [6.45, 7) is 11.1. The molecule has 2 aliphatic carbocycles. The average Bonchev–Trinajstić information content (AvgIpc) is 3.20. The summed E-state index contributed by atoms with van der Waals surface area (Å²) in [5.74, 6) is -1.09. The van der Waals surface area contributed by atoms with Crippen LogP contribution in [0.1, 0.15) is 57.2 Å². The van der Waals surface area contributed by atoms with Gasteiger partial charge in [-0.15, -0.1) is 0 Å². The predicted molar refractivity (Wildman–Crippen MR) is 129 cm³/mol. The SMILES string of the molecule is C[C@@H](CN1C[C@@]23C[C@@H]1C(C)(C)[C@](C)(C2)c1cccc(N(C)C)c13)OCc1c(F)cccc1F. The van der Waals surface area contributed by atoms with E-state index in [9.17, 15) is 8.78 Å². The minimum atomic E-state index is -0.544. The third-order valence-corrected chi connectivity index (χ3v) is 9.19. The molecule has 4 atom stereocenters. The molecule has 1 aliphatic heterocycles. The second-order valence-corrected chi connectivity index (χ2v) is 11.6. The molecule has 2 aromatic rings. The summed E-state index contributed by atoms with van der Waals surface area (Å²) >= 11 is 0. The molecular weight excluding hydrogens is 418 g/mol. The fourth-order valence-electron chi connectivity index (χ4n) is 7.29. The molecule has 5 heteroatoms. The maximum Gasteiger partial charge on any atom is 0.131 e. The van der Waals surface area contributed by atoms with Gasteiger partial charge in [-0.1, -0.05) is 39.0 Å². The van der Waals surface area contributed by atoms with Gasteiger partial charge in [0, 0.05) is 55.3 Å². The Bertz CT molecular complexity index is 1060. The molecule has 1 saturated heterocycles. The number of hydrogen-bond donors (Lipinski definition) is 0. The molecule has 1 saturated carbocycles. The van der Waals surface area contributed by atoms with Gasteiger partial charge in [0.1, 0.15) is 11.6 Å². The topological polar surface area (TPSA) is 15.7 Å². The standard InChI is InChI=1S/C28H36F2N2O/c1-18(33-15-19-21(29)10-8-11-22(19)30)14-32-17-28-13-24(32)26(2,3)27(4,16-28)20-9-7-12-23(25(20)28)31(5)6/h7-12,18,24H,13-17H2,1-6H3/t18-,24+,27+,28+/m0/s1. The molecule has 1 heterocycles. The number of hydrogen-bond acceptors (Lipinski definition) is 3. The lowest BCUT2D eigenvalue weighted by Gasteiger charge is -2.51. The molecule has 0 aromatic heterocycles. The van der Waals surface area contributed by atoms with Crippen LogP contribution in [0.3, 0.4) is 0 Å². The van der Waals surface area contributed by atoms with Crippen molar-refractivity contribution >= 4 is 5.69 Å². The Hall–Kier alpha value is -1.98. The van der Waals surface area contributed by atoms with E-state index >= 15 is 0 Å². The van der Waals surface area contributed by atoms with Crippen LogP contribution in [0.25, 0.3) is 0 Å². The first-order valence-corrected chi connectivity index (χ1v) is 12.1. The Morgan fingerprint density at radius 2 is 1.76 bits per heavy atom. The fourth-order valence-corrected chi connectivity index (χ4v) is 7.29. The van der Waals surface area contributed by atoms with Gasteiger partial charge >= 0.3 is 0 Å². The summed E-state index contributed by atoms with van der Waals surface area (Å²) in [5, 5.41) is 0. The maximum atomic E-state index is 14.0. The third kappa shape index (κ3) is 3.19. The molecule has 3 nitrogen and oxygen atoms in total. The fraction of sp³-hybridized carbons (Fsp3) is 0.571. The lowest BCUT2D eigenvalue weighted by molar-refractivity contribution is -0.00750. The summed E-state index contributed by atoms with van der Waals surface area (Å²) in [5.41, 5.74) is 4.79. The Kier molecular flexibility index (Phi) is 5.19. The van der Waals surface area contributed by atoms with E-state index in [0.29, 0.717) is 6.04 Å². The minimum absolute atomic E-state index is 0.0135. The smallest absolute Gasteiger partial charge is 0.131 e. The van der Waals surface area contributed by atoms with Crippen molar-refractivity contribution in [2.75, 3.05) is 32.1 Å². The first-order valence-electron chi connectivity index (χ1n) is 12.1. The minimum Gasteiger partial charge on any atom is -0.377 e. The Balaban J connectivity index is 1.41. The Morgan fingerprint density at radius 3 is 2.42 bits per heavy atom. The van der Waals surface area contributed by atoms with Crippen LogP contribution in [-0.4, -0.2) is 44.2 Å². The van der Waals surface area contributed by atoms with E-state index < -0.39 is 11.6 Å². The van der Waals surface area contributed by atoms with E-state index in [1.165, 1.54) is 41.4 Å². The molecule has 178 valence electrons. The van der Waals surface area contributed by atoms with Crippen LogP contribution in [0.2, 0.25) is 0 Å². The van der Waals surface area contributed by atoms with Crippen molar-refractivity contribution < 1.29 is 13.5 Å². The van der Waals surface area contributed by atoms with Gasteiger partial charge in [0.2, 0.25) is 0 Å². The zero-order valence-corrected chi connectivity index (χ0v) is 20.7. The van der Waals surface area contributed by atoms with E-state index in [4.69, 9.17) is 4.74 Å². The lowest BCUT2D eigenvalue weighted by atomic mass is 9.54. The van der Waals surface area contributed by atoms with Crippen molar-refractivity contribution in [3.05, 3.63) is 64.7 Å². The Morgan fingerprint density at radius 1 is 1.09 bits per heavy atom. The predicted octanol–water partition coefficient (Wildman–Crippen LogP) is 5.65. The van der Waals surface area contributed by atoms with E-state index in [0.717, 1.165) is 19.5 Å². The largest absolute Gasteiger partial charge is 0.377 e. The molecular formula is C28H36F2N2O. The van der Waals surface area contributed by atoms with Crippen LogP contribution >= 0.6 is 0 Å². The molecule has 2 fully saturated rings. The number of likely N-dealkylation sites (tertiary alicyclic amines) is 1. The van der Waals surface area contributed by atoms with Crippen LogP contribution in [0, 0.1) is 17.0 Å². The van der Waals surface area contributed by atoms with Gasteiger partial charge in [-0.05, 0) is 54.5 Å². The van der Waals surface area contributed by atoms with Crippen LogP contribution in [-0.2, 0) is 22.2 Å². The average molecular weight is 455 g/mol. The zero-order chi connectivity index (χ0) is 23.8. The van der Waals surface area contributed by atoms with Gasteiger partial charge in [0.25, 0.3) is 0 Å². The molecule has 2 aromatic carbocycles. The summed E-state index contributed by atoms with van der Waals surface area (Å²) in [4.78, 5) is 4.86. The maximum absolute atomic E-state index is 14.0. The van der Waals surface area contributed by atoms with Crippen molar-refractivity contribution in [1.82, 2.24) is 4.90 Å². The van der Waals surface area contributed by atoms with Crippen molar-refractivity contribution in [2.24, 2.45) is 5.41 Å². The monoisotopic (exact) mass is 454 g/mol. The highest BCUT2D eigenvalue weighted by molar-refractivity contribution is 5.66. The molecule has 0 unspecified atom stereocenters. The van der Waals surface area contributed by atoms with Gasteiger partial charge in [0.15, 0.2) is 0 Å². The van der Waals surface area contributed by atoms with E-state index in [1.54, 1.807) is 0 Å². The van der Waals surface area contributed by atoms with E-state index in [2.05, 4.69) is 62.9 Å². The van der Waals surface area contributed by atoms with Crippen LogP contribution in [0.4, 0.5) is 14.5 Å². The zero-order valence-electron chi connectivity index (χ0n) is 20.7. The molecule has 1 spiro atoms. The summed E-state index contributed by atoms with van der Waals surface area (Å²) in [7, 11) is 4.29. The lowest BCUT2D eigenvalue weighted by Crippen LogP contribution is -2.53. The highest BCUT2D eigenvalue weighted by Crippen LogP contribution is 2.69. The van der Waals surface area contributed by atoms with Crippen LogP contribution in [0.15, 0.2) is 36.4 Å². The van der Waals surface area contributed by atoms with Crippen molar-refractivity contribution in [3.63, 3.8) is 0 Å². The third-order valence-electron chi connectivity index (χ3n) is 9.19. The number of halogens is 2. The van der Waals surface area contributed by atoms with Gasteiger partial charge in [-0.2, -0.15) is 0 Å². The molecule has 0 radical (unpaired) electrons. The van der Waals surface area contributed by atoms with Crippen molar-refractivity contribution in [1.29, 1.82) is 0 Å². The van der Waals surface area contributed by atoms with Crippen molar-refractivity contribution in [2.45, 2.75) is 70.1 Å². The normalized spacial score (nSPS) is 30.4. The Labute approximate surface area is 196 Å². The van der Waals surface area contributed by atoms with E-state index in [1.807, 2.05) is 6.92 Å². The van der Waals surface area contributed by atoms with E-state index in [-0.39, 0.29) is 34.5 Å². The molecule has 3 bridgehead atoms. The van der Waals surface area contributed by atoms with Gasteiger partial charge < -0.3 is 9.64 Å². The number of rotatable bonds is 6. The molecule has 0 N–H and O–H groups in total. The van der Waals surface area contributed by atoms with Gasteiger partial charge in [-0.3, -0.25) is 4.90 Å². The number of anilines is 1. The number of ether oxygens (including phenoxy) is 1. The second kappa shape index (κ2) is 7.51. The van der Waals surface area contributed by atoms with Crippen LogP contribution < -0.4 is 4.90 Å². The molecule has 5 rings (SSSR count). The van der Waals surface area contributed by atoms with Gasteiger partial charge in [0.05, 0.1) is 12.7 Å². The summed E-state index contributed by atoms with van der Waals surface area (Å²) in [6.07, 6.45) is 2.21. The molecule has 0 amide bonds. The highest BCUT2D eigenvalue weighted by Gasteiger charge is 2.68. The number of fused-ring (bicyclic) bond motifs is 4. The highest BCUT2D eigenvalue weighted by atomic mass is 19.1. The van der Waals surface area contributed by atoms with Crippen molar-refractivity contribution in [3.8, 4) is 0 Å². The quantitative estimate of drug-likeness (QED) is 0.561. The first-order chi connectivity index (χ1) is 15.5. The van der Waals surface area contributed by atoms with Gasteiger partial charge in [-0.25, -0.2) is 8.78 Å². The van der Waals surface area contributed by atoms with Crippen LogP contribution in [0.5, 0.6) is 0 Å². The summed E-state index contributed by atoms with van der Waals surface area (Å²) < 4.78 is 34.0. The number of nitrogens with zero attached hydrogens (tertiary/aromatic N) is 2.